The average Bonchev–Trinajstić information content (AvgIpc) is 2.47. The van der Waals surface area contributed by atoms with E-state index in [-0.39, 0.29) is 5.91 Å². The topological polar surface area (TPSA) is 38.3 Å². The summed E-state index contributed by atoms with van der Waals surface area (Å²) in [6.45, 7) is 1.11. The predicted octanol–water partition coefficient (Wildman–Crippen LogP) is 3.53. The minimum atomic E-state index is -0.0848. The van der Waals surface area contributed by atoms with Crippen LogP contribution in [-0.4, -0.2) is 13.0 Å². The van der Waals surface area contributed by atoms with Crippen LogP contribution in [-0.2, 0) is 17.9 Å². The Morgan fingerprint density at radius 3 is 2.40 bits per heavy atom. The highest BCUT2D eigenvalue weighted by atomic mass is 79.9. The monoisotopic (exact) mass is 333 g/mol. The maximum absolute atomic E-state index is 12.0. The molecule has 0 aliphatic rings. The molecule has 0 heterocycles. The van der Waals surface area contributed by atoms with Gasteiger partial charge >= 0.3 is 0 Å². The number of hydrogen-bond donors (Lipinski definition) is 1. The van der Waals surface area contributed by atoms with Crippen molar-refractivity contribution in [1.29, 1.82) is 0 Å². The average molecular weight is 334 g/mol. The zero-order valence-corrected chi connectivity index (χ0v) is 12.8. The van der Waals surface area contributed by atoms with E-state index in [2.05, 4.69) is 21.2 Å². The summed E-state index contributed by atoms with van der Waals surface area (Å²) < 4.78 is 5.86. The van der Waals surface area contributed by atoms with Gasteiger partial charge in [0.25, 0.3) is 5.91 Å². The Labute approximate surface area is 127 Å². The van der Waals surface area contributed by atoms with Crippen molar-refractivity contribution in [3.8, 4) is 0 Å². The van der Waals surface area contributed by atoms with Crippen molar-refractivity contribution in [2.24, 2.45) is 0 Å². The Balaban J connectivity index is 1.95. The molecule has 2 rings (SSSR count). The molecule has 0 aliphatic heterocycles. The molecule has 0 aromatic heterocycles. The number of amides is 1. The van der Waals surface area contributed by atoms with Gasteiger partial charge in [0.05, 0.1) is 12.2 Å². The summed E-state index contributed by atoms with van der Waals surface area (Å²) in [5, 5.41) is 2.91. The molecule has 2 aromatic rings. The number of rotatable bonds is 5. The van der Waals surface area contributed by atoms with Crippen molar-refractivity contribution in [3.05, 3.63) is 69.7 Å². The second-order valence-electron chi connectivity index (χ2n) is 4.41. The minimum Gasteiger partial charge on any atom is -0.380 e. The van der Waals surface area contributed by atoms with E-state index in [1.165, 1.54) is 0 Å². The van der Waals surface area contributed by atoms with E-state index in [0.717, 1.165) is 15.6 Å². The molecule has 0 unspecified atom stereocenters. The number of nitrogens with one attached hydrogen (secondary N) is 1. The number of carbonyl (C=O) groups is 1. The molecule has 3 nitrogen and oxygen atoms in total. The standard InChI is InChI=1S/C16H16BrNO2/c1-20-11-13-8-6-12(7-9-13)10-18-16(19)14-4-2-3-5-15(14)17/h2-9H,10-11H2,1H3,(H,18,19). The summed E-state index contributed by atoms with van der Waals surface area (Å²) in [6, 6.07) is 15.4. The molecule has 1 N–H and O–H groups in total. The van der Waals surface area contributed by atoms with Crippen LogP contribution in [0.4, 0.5) is 0 Å². The molecule has 0 atom stereocenters. The van der Waals surface area contributed by atoms with Crippen LogP contribution in [0, 0.1) is 0 Å². The first kappa shape index (κ1) is 14.8. The van der Waals surface area contributed by atoms with E-state index in [1.807, 2.05) is 42.5 Å². The molecule has 0 saturated carbocycles. The Hall–Kier alpha value is -1.65. The second-order valence-corrected chi connectivity index (χ2v) is 5.27. The molecule has 4 heteroatoms. The first-order valence-corrected chi connectivity index (χ1v) is 7.09. The number of hydrogen-bond acceptors (Lipinski definition) is 2. The smallest absolute Gasteiger partial charge is 0.252 e. The molecule has 0 fully saturated rings. The summed E-state index contributed by atoms with van der Waals surface area (Å²) in [5.74, 6) is -0.0848. The van der Waals surface area contributed by atoms with Crippen LogP contribution in [0.15, 0.2) is 53.0 Å². The van der Waals surface area contributed by atoms with Crippen molar-refractivity contribution in [3.63, 3.8) is 0 Å². The van der Waals surface area contributed by atoms with E-state index >= 15 is 0 Å². The van der Waals surface area contributed by atoms with Gasteiger partial charge in [0, 0.05) is 18.1 Å². The SMILES string of the molecule is COCc1ccc(CNC(=O)c2ccccc2Br)cc1. The van der Waals surface area contributed by atoms with Crippen LogP contribution in [0.3, 0.4) is 0 Å². The molecule has 0 saturated heterocycles. The number of ether oxygens (including phenoxy) is 1. The van der Waals surface area contributed by atoms with Gasteiger partial charge in [0.15, 0.2) is 0 Å². The van der Waals surface area contributed by atoms with E-state index in [0.29, 0.717) is 18.7 Å². The maximum atomic E-state index is 12.0. The second kappa shape index (κ2) is 7.22. The fourth-order valence-corrected chi connectivity index (χ4v) is 2.31. The molecule has 2 aromatic carbocycles. The lowest BCUT2D eigenvalue weighted by Crippen LogP contribution is -2.23. The van der Waals surface area contributed by atoms with Crippen LogP contribution < -0.4 is 5.32 Å². The third-order valence-corrected chi connectivity index (χ3v) is 3.60. The minimum absolute atomic E-state index is 0.0848. The van der Waals surface area contributed by atoms with E-state index in [4.69, 9.17) is 4.74 Å². The molecule has 0 radical (unpaired) electrons. The Bertz CT molecular complexity index is 581. The fourth-order valence-electron chi connectivity index (χ4n) is 1.84. The van der Waals surface area contributed by atoms with Crippen molar-refractivity contribution >= 4 is 21.8 Å². The maximum Gasteiger partial charge on any atom is 0.252 e. The van der Waals surface area contributed by atoms with Gasteiger partial charge in [-0.1, -0.05) is 36.4 Å². The van der Waals surface area contributed by atoms with Crippen molar-refractivity contribution in [1.82, 2.24) is 5.32 Å². The Morgan fingerprint density at radius 2 is 1.75 bits per heavy atom. The Morgan fingerprint density at radius 1 is 1.10 bits per heavy atom. The zero-order valence-electron chi connectivity index (χ0n) is 11.2. The molecule has 20 heavy (non-hydrogen) atoms. The molecular weight excluding hydrogens is 318 g/mol. The molecular formula is C16H16BrNO2. The lowest BCUT2D eigenvalue weighted by atomic mass is 10.1. The highest BCUT2D eigenvalue weighted by molar-refractivity contribution is 9.10. The third kappa shape index (κ3) is 3.92. The number of halogens is 1. The van der Waals surface area contributed by atoms with Gasteiger partial charge in [-0.2, -0.15) is 0 Å². The van der Waals surface area contributed by atoms with Gasteiger partial charge in [0.2, 0.25) is 0 Å². The third-order valence-electron chi connectivity index (χ3n) is 2.91. The van der Waals surface area contributed by atoms with Crippen molar-refractivity contribution < 1.29 is 9.53 Å². The highest BCUT2D eigenvalue weighted by Crippen LogP contribution is 2.15. The van der Waals surface area contributed by atoms with E-state index in [9.17, 15) is 4.79 Å². The highest BCUT2D eigenvalue weighted by Gasteiger charge is 2.08. The molecule has 0 aliphatic carbocycles. The molecule has 104 valence electrons. The molecule has 1 amide bonds. The van der Waals surface area contributed by atoms with Crippen LogP contribution in [0.1, 0.15) is 21.5 Å². The summed E-state index contributed by atoms with van der Waals surface area (Å²) in [6.07, 6.45) is 0. The fraction of sp³-hybridized carbons (Fsp3) is 0.188. The number of benzene rings is 2. The van der Waals surface area contributed by atoms with Crippen LogP contribution in [0.25, 0.3) is 0 Å². The van der Waals surface area contributed by atoms with Crippen molar-refractivity contribution in [2.75, 3.05) is 7.11 Å². The van der Waals surface area contributed by atoms with Gasteiger partial charge < -0.3 is 10.1 Å². The lowest BCUT2D eigenvalue weighted by Gasteiger charge is -2.07. The van der Waals surface area contributed by atoms with Crippen LogP contribution in [0.5, 0.6) is 0 Å². The van der Waals surface area contributed by atoms with Gasteiger partial charge in [-0.05, 0) is 39.2 Å². The molecule has 0 bridgehead atoms. The van der Waals surface area contributed by atoms with Gasteiger partial charge in [-0.25, -0.2) is 0 Å². The Kier molecular flexibility index (Phi) is 5.32. The largest absolute Gasteiger partial charge is 0.380 e. The van der Waals surface area contributed by atoms with Gasteiger partial charge in [-0.3, -0.25) is 4.79 Å². The van der Waals surface area contributed by atoms with E-state index in [1.54, 1.807) is 13.2 Å². The predicted molar refractivity (Wildman–Crippen MR) is 82.5 cm³/mol. The van der Waals surface area contributed by atoms with Gasteiger partial charge in [-0.15, -0.1) is 0 Å². The van der Waals surface area contributed by atoms with Crippen LogP contribution >= 0.6 is 15.9 Å². The quantitative estimate of drug-likeness (QED) is 0.908. The van der Waals surface area contributed by atoms with Crippen LogP contribution in [0.2, 0.25) is 0 Å². The van der Waals surface area contributed by atoms with E-state index < -0.39 is 0 Å². The number of methoxy groups -OCH3 is 1. The summed E-state index contributed by atoms with van der Waals surface area (Å²) in [5.41, 5.74) is 2.82. The summed E-state index contributed by atoms with van der Waals surface area (Å²) >= 11 is 3.38. The molecule has 0 spiro atoms. The van der Waals surface area contributed by atoms with Crippen molar-refractivity contribution in [2.45, 2.75) is 13.2 Å². The van der Waals surface area contributed by atoms with Gasteiger partial charge in [0.1, 0.15) is 0 Å². The lowest BCUT2D eigenvalue weighted by molar-refractivity contribution is 0.0950. The summed E-state index contributed by atoms with van der Waals surface area (Å²) in [4.78, 5) is 12.0. The normalized spacial score (nSPS) is 10.3. The first-order valence-electron chi connectivity index (χ1n) is 6.30. The first-order chi connectivity index (χ1) is 9.70. The zero-order chi connectivity index (χ0) is 14.4. The summed E-state index contributed by atoms with van der Waals surface area (Å²) in [7, 11) is 1.67. The number of carbonyl (C=O) groups excluding carboxylic acids is 1.